The van der Waals surface area contributed by atoms with Crippen LogP contribution in [0.2, 0.25) is 0 Å². The van der Waals surface area contributed by atoms with Crippen molar-refractivity contribution in [2.45, 2.75) is 0 Å². The van der Waals surface area contributed by atoms with Crippen LogP contribution in [0.25, 0.3) is 169 Å². The highest BCUT2D eigenvalue weighted by Crippen LogP contribution is 2.53. The number of hydrogen-bond donors (Lipinski definition) is 0. The van der Waals surface area contributed by atoms with Gasteiger partial charge in [-0.3, -0.25) is 0 Å². The summed E-state index contributed by atoms with van der Waals surface area (Å²) in [7, 11) is 0. The topological polar surface area (TPSA) is 61.0 Å². The number of nitriles is 1. The van der Waals surface area contributed by atoms with E-state index in [0.717, 1.165) is 40.8 Å². The lowest BCUT2D eigenvalue weighted by Gasteiger charge is -2.27. The number of furan rings is 1. The largest absolute Gasteiger partial charge is 0.456 e. The monoisotopic (exact) mass is 1080 g/mol. The number of rotatable bonds is 5. The van der Waals surface area contributed by atoms with E-state index in [4.69, 9.17) is 7.16 Å². The van der Waals surface area contributed by atoms with Crippen LogP contribution in [0.1, 0.15) is 38.5 Å². The van der Waals surface area contributed by atoms with E-state index in [1.54, 1.807) is 48.5 Å². The molecular formula is C76H42N6O. The smallest absolute Gasteiger partial charge is 0.237 e. The summed E-state index contributed by atoms with van der Waals surface area (Å²) in [6.45, 7) is 10.0. The van der Waals surface area contributed by atoms with Gasteiger partial charge >= 0.3 is 0 Å². The summed E-state index contributed by atoms with van der Waals surface area (Å²) < 4.78 is 242. The highest BCUT2D eigenvalue weighted by atomic mass is 16.3. The first kappa shape index (κ1) is 28.0. The van der Waals surface area contributed by atoms with E-state index in [1.165, 1.54) is 4.57 Å². The third-order valence-corrected chi connectivity index (χ3v) is 15.9. The number of hydrogen-bond acceptors (Lipinski definition) is 2. The highest BCUT2D eigenvalue weighted by molar-refractivity contribution is 6.26. The normalized spacial score (nSPS) is 16.1. The van der Waals surface area contributed by atoms with Gasteiger partial charge in [-0.2, -0.15) is 5.26 Å². The molecule has 13 aromatic carbocycles. The number of benzene rings is 13. The van der Waals surface area contributed by atoms with E-state index >= 15 is 0 Å². The number of fused-ring (bicyclic) bond motifs is 19. The van der Waals surface area contributed by atoms with Crippen LogP contribution in [0.3, 0.4) is 0 Å². The molecule has 0 N–H and O–H groups in total. The zero-order valence-electron chi connectivity index (χ0n) is 66.5. The molecule has 0 saturated heterocycles. The lowest BCUT2D eigenvalue weighted by molar-refractivity contribution is 0.669. The molecule has 0 unspecified atom stereocenters. The molecule has 0 fully saturated rings. The quantitative estimate of drug-likeness (QED) is 0.127. The van der Waals surface area contributed by atoms with Gasteiger partial charge in [0, 0.05) is 48.5 Å². The van der Waals surface area contributed by atoms with Gasteiger partial charge in [-0.1, -0.05) is 188 Å². The van der Waals surface area contributed by atoms with Crippen molar-refractivity contribution in [3.63, 3.8) is 0 Å². The lowest BCUT2D eigenvalue weighted by atomic mass is 9.93. The lowest BCUT2D eigenvalue weighted by Crippen LogP contribution is -2.14. The van der Waals surface area contributed by atoms with Crippen molar-refractivity contribution >= 4 is 136 Å². The van der Waals surface area contributed by atoms with Crippen molar-refractivity contribution in [3.05, 3.63) is 271 Å². The van der Waals surface area contributed by atoms with E-state index < -0.39 is 244 Å². The molecule has 83 heavy (non-hydrogen) atoms. The summed E-state index contributed by atoms with van der Waals surface area (Å²) in [6, 6.07) is 13.5. The maximum Gasteiger partial charge on any atom is 0.237 e. The molecule has 0 aliphatic heterocycles. The molecule has 5 heterocycles. The van der Waals surface area contributed by atoms with Gasteiger partial charge in [0.2, 0.25) is 5.69 Å². The van der Waals surface area contributed by atoms with Crippen LogP contribution in [0, 0.1) is 17.9 Å². The van der Waals surface area contributed by atoms with Gasteiger partial charge in [-0.15, -0.1) is 0 Å². The van der Waals surface area contributed by atoms with E-state index in [1.807, 2.05) is 60.7 Å². The SMILES string of the molecule is [2H]c1c([2H])c([2H])c2c(c1[2H])c1c([2H])c([2H])c([2H])c([2H])c1n2-c1c(C#N)c(-n2c3c([2H])c([2H])c([2H])c([2H])c3c3c([2H])c([2H])c([2H])c([2H])c32)c(-n2c3ccc(-c4cccc5ccc6ccccc6c45)cc3c3ccc4oc5ccccc5c4c32)c(-n2c3c([2H])c([2H])c([2H])c([2H])c3c3c([2H])c([2H])c([2H])c([2H])c32)c1[N+]#[C-]. The summed E-state index contributed by atoms with van der Waals surface area (Å²) >= 11 is 0. The van der Waals surface area contributed by atoms with E-state index in [9.17, 15) is 42.0 Å². The molecule has 0 atom stereocenters. The molecular weight excluding hydrogens is 1010 g/mol. The summed E-state index contributed by atoms with van der Waals surface area (Å²) in [5, 5.41) is 14.7. The summed E-state index contributed by atoms with van der Waals surface area (Å²) in [5.74, 6) is 0. The minimum atomic E-state index is -0.969. The highest BCUT2D eigenvalue weighted by Gasteiger charge is 2.35. The second kappa shape index (κ2) is 16.9. The van der Waals surface area contributed by atoms with Crippen molar-refractivity contribution in [2.75, 3.05) is 0 Å². The fraction of sp³-hybridized carbons (Fsp3) is 0. The number of aromatic nitrogens is 4. The van der Waals surface area contributed by atoms with Gasteiger partial charge in [0.1, 0.15) is 17.2 Å². The number of para-hydroxylation sites is 7. The Hall–Kier alpha value is -11.6. The molecule has 382 valence electrons. The summed E-state index contributed by atoms with van der Waals surface area (Å²) in [4.78, 5) is 4.29. The first-order valence-electron chi connectivity index (χ1n) is 38.0. The third kappa shape index (κ3) is 6.04. The molecule has 5 aromatic heterocycles. The fourth-order valence-electron chi connectivity index (χ4n) is 12.7. The minimum Gasteiger partial charge on any atom is -0.456 e. The van der Waals surface area contributed by atoms with Crippen LogP contribution in [0.5, 0.6) is 0 Å². The van der Waals surface area contributed by atoms with E-state index in [-0.39, 0.29) is 16.6 Å². The van der Waals surface area contributed by atoms with Gasteiger partial charge in [-0.05, 0) is 99.3 Å². The molecule has 0 amide bonds. The predicted octanol–water partition coefficient (Wildman–Crippen LogP) is 20.4. The van der Waals surface area contributed by atoms with Crippen molar-refractivity contribution in [1.82, 2.24) is 18.3 Å². The Morgan fingerprint density at radius 2 is 0.892 bits per heavy atom. The Bertz CT molecular complexity index is 7050. The molecule has 18 rings (SSSR count). The zero-order valence-corrected chi connectivity index (χ0v) is 42.5. The summed E-state index contributed by atoms with van der Waals surface area (Å²) in [5.41, 5.74) is -6.85. The van der Waals surface area contributed by atoms with Gasteiger partial charge in [0.25, 0.3) is 0 Å². The van der Waals surface area contributed by atoms with Crippen LogP contribution in [0.4, 0.5) is 5.69 Å². The van der Waals surface area contributed by atoms with Crippen molar-refractivity contribution < 1.29 is 37.3 Å². The maximum atomic E-state index is 13.1. The predicted molar refractivity (Wildman–Crippen MR) is 343 cm³/mol. The Kier molecular flexibility index (Phi) is 5.71. The van der Waals surface area contributed by atoms with Gasteiger partial charge in [-0.25, -0.2) is 4.85 Å². The Morgan fingerprint density at radius 1 is 0.386 bits per heavy atom. The van der Waals surface area contributed by atoms with Gasteiger partial charge in [0.15, 0.2) is 0 Å². The van der Waals surface area contributed by atoms with Crippen LogP contribution in [0.15, 0.2) is 259 Å². The number of nitrogens with zero attached hydrogens (tertiary/aromatic N) is 6. The molecule has 7 nitrogen and oxygen atoms in total. The molecule has 0 bridgehead atoms. The Labute approximate surface area is 507 Å². The molecule has 0 radical (unpaired) electrons. The third-order valence-electron chi connectivity index (χ3n) is 15.9. The molecule has 0 aliphatic carbocycles. The van der Waals surface area contributed by atoms with E-state index in [0.29, 0.717) is 32.7 Å². The molecule has 0 saturated carbocycles. The molecule has 18 aromatic rings. The van der Waals surface area contributed by atoms with Crippen LogP contribution in [-0.4, -0.2) is 18.3 Å². The fourth-order valence-corrected chi connectivity index (χ4v) is 12.7. The maximum absolute atomic E-state index is 13.1. The average molecular weight is 1080 g/mol. The standard InChI is InChI=1S/C76H42N6O/c1-78-71-73(79-60-30-11-4-22-50(60)51-23-5-12-31-61(51)79)59(44-77)74(80-62-32-13-6-24-52(62)53-25-7-14-33-63(53)80)76(75(71)81-64-34-15-8-26-54(64)55-27-9-16-35-65(55)81)82-66-41-39-47(49-29-18-20-46-38-37-45-19-2-3-21-48(45)69(46)49)43-58(66)56-40-42-68-70(72(56)82)57-28-10-17-36-67(57)83-68/h2-43H/i4D,5D,6D,7D,8D,9D,11D,12D,13D,14D,15D,16D,22D,23D,24D,25D,26D,27D,30D,31D,32D,33D,34D,35D. The molecule has 7 heteroatoms. The van der Waals surface area contributed by atoms with Gasteiger partial charge in [0.05, 0.1) is 117 Å². The second-order valence-electron chi connectivity index (χ2n) is 19.9. The van der Waals surface area contributed by atoms with Crippen LogP contribution in [-0.2, 0) is 0 Å². The second-order valence-corrected chi connectivity index (χ2v) is 19.9. The average Bonchev–Trinajstić information content (AvgIpc) is 1.52. The Morgan fingerprint density at radius 3 is 1.47 bits per heavy atom. The zero-order chi connectivity index (χ0) is 75.5. The summed E-state index contributed by atoms with van der Waals surface area (Å²) in [6.07, 6.45) is 0. The van der Waals surface area contributed by atoms with Crippen molar-refractivity contribution in [2.24, 2.45) is 0 Å². The van der Waals surface area contributed by atoms with Crippen molar-refractivity contribution in [1.29, 1.82) is 5.26 Å². The Balaban J connectivity index is 1.24. The minimum absolute atomic E-state index is 0.118. The first-order chi connectivity index (χ1) is 51.1. The van der Waals surface area contributed by atoms with Gasteiger partial charge < -0.3 is 22.7 Å². The van der Waals surface area contributed by atoms with Crippen molar-refractivity contribution in [3.8, 4) is 39.9 Å². The molecule has 0 spiro atoms. The van der Waals surface area contributed by atoms with Crippen LogP contribution < -0.4 is 0 Å². The van der Waals surface area contributed by atoms with Crippen LogP contribution >= 0.6 is 0 Å². The molecule has 0 aliphatic rings. The first-order valence-corrected chi connectivity index (χ1v) is 26.0. The van der Waals surface area contributed by atoms with E-state index in [2.05, 4.69) is 10.9 Å².